The van der Waals surface area contributed by atoms with Crippen molar-refractivity contribution >= 4 is 39.5 Å². The zero-order valence-electron chi connectivity index (χ0n) is 31.2. The second-order valence-electron chi connectivity index (χ2n) is 16.9. The number of ketones is 2. The van der Waals surface area contributed by atoms with Gasteiger partial charge in [0, 0.05) is 44.7 Å². The van der Waals surface area contributed by atoms with Crippen LogP contribution in [0.4, 0.5) is 4.79 Å². The monoisotopic (exact) mass is 751 g/mol. The van der Waals surface area contributed by atoms with Gasteiger partial charge in [0.15, 0.2) is 5.78 Å². The number of carbonyl (C=O) groups is 5. The number of benzene rings is 1. The Hall–Kier alpha value is -3.28. The van der Waals surface area contributed by atoms with Gasteiger partial charge in [-0.1, -0.05) is 76.0 Å². The number of rotatable bonds is 3. The summed E-state index contributed by atoms with van der Waals surface area (Å²) in [4.78, 5) is 73.0. The van der Waals surface area contributed by atoms with E-state index in [1.54, 1.807) is 4.90 Å². The molecule has 1 aromatic carbocycles. The zero-order chi connectivity index (χ0) is 37.2. The van der Waals surface area contributed by atoms with Crippen molar-refractivity contribution in [3.8, 4) is 0 Å². The first-order valence-corrected chi connectivity index (χ1v) is 22.0. The van der Waals surface area contributed by atoms with Crippen molar-refractivity contribution in [2.24, 2.45) is 17.3 Å². The fourth-order valence-electron chi connectivity index (χ4n) is 9.54. The lowest BCUT2D eigenvalue weighted by molar-refractivity contribution is -0.143. The lowest BCUT2D eigenvalue weighted by Gasteiger charge is -2.29. The van der Waals surface area contributed by atoms with Crippen molar-refractivity contribution in [3.05, 3.63) is 34.9 Å². The average Bonchev–Trinajstić information content (AvgIpc) is 4.01. The number of hydrogen-bond donors (Lipinski definition) is 1. The summed E-state index contributed by atoms with van der Waals surface area (Å²) in [5.74, 6) is -1.81. The van der Waals surface area contributed by atoms with Crippen LogP contribution in [-0.2, 0) is 53.4 Å². The van der Waals surface area contributed by atoms with Gasteiger partial charge in [-0.25, -0.2) is 13.2 Å². The molecule has 12 heteroatoms. The summed E-state index contributed by atoms with van der Waals surface area (Å²) in [5, 5.41) is -0.567. The summed E-state index contributed by atoms with van der Waals surface area (Å²) >= 11 is 0. The number of fused-ring (bicyclic) bond motifs is 4. The van der Waals surface area contributed by atoms with Crippen molar-refractivity contribution in [2.75, 3.05) is 6.54 Å². The van der Waals surface area contributed by atoms with Crippen LogP contribution in [-0.4, -0.2) is 71.6 Å². The number of nitrogens with one attached hydrogen (secondary N) is 1. The molecule has 0 aromatic heterocycles. The second-order valence-corrected chi connectivity index (χ2v) is 18.9. The number of nitrogens with zero attached hydrogens (tertiary/aromatic N) is 2. The van der Waals surface area contributed by atoms with Gasteiger partial charge in [0.25, 0.3) is 0 Å². The molecule has 2 saturated carbocycles. The van der Waals surface area contributed by atoms with Gasteiger partial charge >= 0.3 is 6.09 Å². The van der Waals surface area contributed by atoms with E-state index in [4.69, 9.17) is 4.74 Å². The maximum absolute atomic E-state index is 14.5. The summed E-state index contributed by atoms with van der Waals surface area (Å²) in [6.07, 6.45) is 13.6. The predicted molar refractivity (Wildman–Crippen MR) is 198 cm³/mol. The van der Waals surface area contributed by atoms with Gasteiger partial charge in [-0.2, -0.15) is 0 Å². The molecular formula is C41H57N3O8S. The summed E-state index contributed by atoms with van der Waals surface area (Å²) in [6, 6.07) is 5.31. The number of Topliss-reactive ketones (excluding diaryl/α,β-unsaturated/α-hetero) is 2. The minimum Gasteiger partial charge on any atom is -0.444 e. The number of aryl methyl sites for hydroxylation is 1. The van der Waals surface area contributed by atoms with Gasteiger partial charge < -0.3 is 9.64 Å². The van der Waals surface area contributed by atoms with Crippen LogP contribution in [0.15, 0.2) is 18.2 Å². The molecule has 7 rings (SSSR count). The number of ether oxygens (including phenoxy) is 1. The van der Waals surface area contributed by atoms with E-state index in [9.17, 15) is 32.4 Å². The molecule has 1 aromatic rings. The van der Waals surface area contributed by atoms with E-state index in [0.717, 1.165) is 89.0 Å². The van der Waals surface area contributed by atoms with Crippen LogP contribution in [0.5, 0.6) is 0 Å². The van der Waals surface area contributed by atoms with Gasteiger partial charge in [-0.3, -0.25) is 28.8 Å². The fourth-order valence-corrected chi connectivity index (χ4v) is 10.9. The van der Waals surface area contributed by atoms with Crippen LogP contribution in [0, 0.1) is 17.3 Å². The highest BCUT2D eigenvalue weighted by Gasteiger charge is 2.62. The molecule has 0 radical (unpaired) electrons. The molecular weight excluding hydrogens is 695 g/mol. The Kier molecular flexibility index (Phi) is 11.6. The van der Waals surface area contributed by atoms with Crippen molar-refractivity contribution in [1.29, 1.82) is 0 Å². The van der Waals surface area contributed by atoms with Crippen LogP contribution in [0.2, 0.25) is 0 Å². The molecule has 2 aliphatic carbocycles. The SMILES string of the molecule is O=C1CCCCCCCCc2cccc3c2CN(C3)C(=O)O[C@@H]2C[C@H]3C(=O)C[C@]4(C(=O)NS(=O)(=O)C5CC5)C[C@H]4CCCCCCC[C@H](C1)C(=O)N3C2. The first-order valence-electron chi connectivity index (χ1n) is 20.5. The van der Waals surface area contributed by atoms with Crippen molar-refractivity contribution in [1.82, 2.24) is 14.5 Å². The van der Waals surface area contributed by atoms with E-state index in [0.29, 0.717) is 45.2 Å². The molecule has 1 N–H and O–H groups in total. The van der Waals surface area contributed by atoms with Gasteiger partial charge in [0.05, 0.1) is 23.3 Å². The van der Waals surface area contributed by atoms with Gasteiger partial charge in [0.2, 0.25) is 21.8 Å². The summed E-state index contributed by atoms with van der Waals surface area (Å²) < 4.78 is 34.1. The third-order valence-corrected chi connectivity index (χ3v) is 14.8. The number of sulfonamides is 1. The third kappa shape index (κ3) is 8.83. The molecule has 11 nitrogen and oxygen atoms in total. The molecule has 2 saturated heterocycles. The largest absolute Gasteiger partial charge is 0.444 e. The summed E-state index contributed by atoms with van der Waals surface area (Å²) in [7, 11) is -3.81. The van der Waals surface area contributed by atoms with Gasteiger partial charge in [-0.05, 0) is 74.0 Å². The molecule has 4 heterocycles. The Morgan fingerprint density at radius 3 is 2.25 bits per heavy atom. The van der Waals surface area contributed by atoms with E-state index in [2.05, 4.69) is 16.9 Å². The van der Waals surface area contributed by atoms with Crippen LogP contribution < -0.4 is 4.72 Å². The quantitative estimate of drug-likeness (QED) is 0.379. The highest BCUT2D eigenvalue weighted by molar-refractivity contribution is 7.90. The lowest BCUT2D eigenvalue weighted by Crippen LogP contribution is -2.46. The normalized spacial score (nSPS) is 31.2. The average molecular weight is 752 g/mol. The predicted octanol–water partition coefficient (Wildman–Crippen LogP) is 6.29. The molecule has 3 amide bonds. The Bertz CT molecular complexity index is 1690. The first kappa shape index (κ1) is 38.0. The Balaban J connectivity index is 1.15. The van der Waals surface area contributed by atoms with E-state index in [1.807, 2.05) is 6.07 Å². The van der Waals surface area contributed by atoms with E-state index in [-0.39, 0.29) is 49.2 Å². The lowest BCUT2D eigenvalue weighted by atomic mass is 9.89. The molecule has 0 unspecified atom stereocenters. The van der Waals surface area contributed by atoms with Crippen molar-refractivity contribution in [3.63, 3.8) is 0 Å². The maximum atomic E-state index is 14.5. The van der Waals surface area contributed by atoms with Crippen LogP contribution in [0.1, 0.15) is 145 Å². The summed E-state index contributed by atoms with van der Waals surface area (Å²) in [6.45, 7) is 0.929. The van der Waals surface area contributed by atoms with Crippen LogP contribution in [0.25, 0.3) is 0 Å². The highest BCUT2D eigenvalue weighted by atomic mass is 32.2. The van der Waals surface area contributed by atoms with Gasteiger partial charge in [0.1, 0.15) is 11.9 Å². The third-order valence-electron chi connectivity index (χ3n) is 13.0. The highest BCUT2D eigenvalue weighted by Crippen LogP contribution is 2.59. The van der Waals surface area contributed by atoms with Crippen LogP contribution >= 0.6 is 0 Å². The molecule has 5 bridgehead atoms. The molecule has 4 aliphatic heterocycles. The van der Waals surface area contributed by atoms with Crippen molar-refractivity contribution < 1.29 is 37.1 Å². The molecule has 4 fully saturated rings. The summed E-state index contributed by atoms with van der Waals surface area (Å²) in [5.41, 5.74) is 2.40. The molecule has 5 atom stereocenters. The van der Waals surface area contributed by atoms with Crippen molar-refractivity contribution in [2.45, 2.75) is 165 Å². The molecule has 53 heavy (non-hydrogen) atoms. The smallest absolute Gasteiger partial charge is 0.410 e. The Morgan fingerprint density at radius 2 is 1.49 bits per heavy atom. The zero-order valence-corrected chi connectivity index (χ0v) is 32.0. The fraction of sp³-hybridized carbons (Fsp3) is 0.732. The number of carbonyl (C=O) groups excluding carboxylic acids is 5. The van der Waals surface area contributed by atoms with E-state index < -0.39 is 50.8 Å². The number of hydrogen-bond acceptors (Lipinski definition) is 8. The topological polar surface area (TPSA) is 147 Å². The second kappa shape index (κ2) is 16.2. The standard InChI is InChI=1S/C41H57N3O8S/c45-32-18-11-7-2-1-4-8-13-28-15-12-16-30-25-43(27-35(28)30)40(49)52-33-22-36-37(46)24-41(39(48)42-53(50,51)34-19-20-34)23-31(41)17-10-6-3-5-9-14-29(21-32)38(47)44(36)26-33/h12,15-16,29,31,33-34,36H,1-11,13-14,17-27H2,(H,42,48)/t29-,31-,33-,36+,41-/m1/s1. The first-order chi connectivity index (χ1) is 25.5. The van der Waals surface area contributed by atoms with E-state index in [1.165, 1.54) is 16.0 Å². The molecule has 6 aliphatic rings. The van der Waals surface area contributed by atoms with Gasteiger partial charge in [-0.15, -0.1) is 0 Å². The number of amides is 3. The Labute approximate surface area is 314 Å². The maximum Gasteiger partial charge on any atom is 0.410 e. The molecule has 290 valence electrons. The minimum absolute atomic E-state index is 0.0381. The van der Waals surface area contributed by atoms with E-state index >= 15 is 0 Å². The minimum atomic E-state index is -3.81. The molecule has 0 spiro atoms. The Morgan fingerprint density at radius 1 is 0.811 bits per heavy atom. The van der Waals surface area contributed by atoms with Crippen LogP contribution in [0.3, 0.4) is 0 Å².